The zero-order valence-electron chi connectivity index (χ0n) is 9.36. The fourth-order valence-electron chi connectivity index (χ4n) is 1.91. The van der Waals surface area contributed by atoms with Crippen molar-refractivity contribution >= 4 is 17.7 Å². The molecule has 0 radical (unpaired) electrons. The Bertz CT molecular complexity index is 419. The topological polar surface area (TPSA) is 49.3 Å². The molecule has 0 saturated carbocycles. The van der Waals surface area contributed by atoms with Crippen LogP contribution in [0.4, 0.5) is 0 Å². The Balaban J connectivity index is 2.17. The minimum atomic E-state index is -0.764. The first-order valence-electron chi connectivity index (χ1n) is 5.25. The summed E-state index contributed by atoms with van der Waals surface area (Å²) in [6, 6.07) is 5.86. The van der Waals surface area contributed by atoms with Crippen molar-refractivity contribution in [3.05, 3.63) is 34.9 Å². The zero-order chi connectivity index (χ0) is 11.7. The first-order chi connectivity index (χ1) is 7.58. The minimum absolute atomic E-state index is 0.113. The number of carboxylic acid groups (broad SMARTS) is 1. The largest absolute Gasteiger partial charge is 0.480 e. The van der Waals surface area contributed by atoms with Crippen LogP contribution in [0.1, 0.15) is 22.1 Å². The van der Waals surface area contributed by atoms with Gasteiger partial charge in [0.25, 0.3) is 0 Å². The van der Waals surface area contributed by atoms with E-state index < -0.39 is 12.0 Å². The van der Waals surface area contributed by atoms with E-state index in [4.69, 9.17) is 5.11 Å². The van der Waals surface area contributed by atoms with Gasteiger partial charge in [-0.15, -0.1) is 11.8 Å². The van der Waals surface area contributed by atoms with Gasteiger partial charge in [0.1, 0.15) is 6.04 Å². The van der Waals surface area contributed by atoms with Crippen molar-refractivity contribution in [2.45, 2.75) is 25.3 Å². The summed E-state index contributed by atoms with van der Waals surface area (Å²) in [6.45, 7) is 4.13. The van der Waals surface area contributed by atoms with Crippen LogP contribution < -0.4 is 5.32 Å². The van der Waals surface area contributed by atoms with Crippen LogP contribution in [-0.4, -0.2) is 22.9 Å². The highest BCUT2D eigenvalue weighted by Gasteiger charge is 2.30. The molecule has 1 aliphatic heterocycles. The van der Waals surface area contributed by atoms with E-state index in [1.165, 1.54) is 16.7 Å². The number of nitrogens with one attached hydrogen (secondary N) is 1. The molecule has 0 spiro atoms. The quantitative estimate of drug-likeness (QED) is 0.827. The molecule has 1 saturated heterocycles. The predicted octanol–water partition coefficient (Wildman–Crippen LogP) is 2.09. The first kappa shape index (κ1) is 11.5. The number of benzene rings is 1. The Kier molecular flexibility index (Phi) is 3.21. The number of aryl methyl sites for hydroxylation is 2. The highest BCUT2D eigenvalue weighted by atomic mass is 32.2. The summed E-state index contributed by atoms with van der Waals surface area (Å²) < 4.78 is 0. The lowest BCUT2D eigenvalue weighted by Gasteiger charge is -2.14. The van der Waals surface area contributed by atoms with Gasteiger partial charge in [0.2, 0.25) is 0 Å². The van der Waals surface area contributed by atoms with E-state index in [1.54, 1.807) is 11.8 Å². The normalized spacial score (nSPS) is 24.6. The lowest BCUT2D eigenvalue weighted by atomic mass is 10.1. The van der Waals surface area contributed by atoms with Crippen LogP contribution in [0.2, 0.25) is 0 Å². The van der Waals surface area contributed by atoms with Crippen molar-refractivity contribution in [1.82, 2.24) is 5.32 Å². The Morgan fingerprint density at radius 1 is 1.50 bits per heavy atom. The number of carbonyl (C=O) groups is 1. The highest BCUT2D eigenvalue weighted by Crippen LogP contribution is 2.34. The summed E-state index contributed by atoms with van der Waals surface area (Å²) in [5.74, 6) is -0.132. The van der Waals surface area contributed by atoms with E-state index in [9.17, 15) is 4.79 Å². The smallest absolute Gasteiger partial charge is 0.321 e. The van der Waals surface area contributed by atoms with Gasteiger partial charge in [-0.05, 0) is 25.0 Å². The SMILES string of the molecule is Cc1ccc([C@H]2N[C@@H](C(=O)O)CS2)c(C)c1. The molecule has 1 aromatic carbocycles. The summed E-state index contributed by atoms with van der Waals surface area (Å²) in [7, 11) is 0. The third-order valence-corrected chi connectivity index (χ3v) is 4.04. The van der Waals surface area contributed by atoms with Crippen molar-refractivity contribution in [3.8, 4) is 0 Å². The van der Waals surface area contributed by atoms with E-state index in [0.29, 0.717) is 5.75 Å². The van der Waals surface area contributed by atoms with E-state index in [-0.39, 0.29) is 5.37 Å². The van der Waals surface area contributed by atoms with Gasteiger partial charge in [0.15, 0.2) is 0 Å². The van der Waals surface area contributed by atoms with Crippen LogP contribution in [0, 0.1) is 13.8 Å². The number of rotatable bonds is 2. The van der Waals surface area contributed by atoms with Crippen molar-refractivity contribution in [3.63, 3.8) is 0 Å². The summed E-state index contributed by atoms with van der Waals surface area (Å²) in [5.41, 5.74) is 3.65. The average molecular weight is 237 g/mol. The molecule has 1 aliphatic rings. The van der Waals surface area contributed by atoms with E-state index in [0.717, 1.165) is 0 Å². The average Bonchev–Trinajstić information content (AvgIpc) is 2.66. The van der Waals surface area contributed by atoms with Gasteiger partial charge in [-0.1, -0.05) is 23.8 Å². The van der Waals surface area contributed by atoms with Crippen molar-refractivity contribution < 1.29 is 9.90 Å². The fraction of sp³-hybridized carbons (Fsp3) is 0.417. The second-order valence-corrected chi connectivity index (χ2v) is 5.27. The maximum Gasteiger partial charge on any atom is 0.321 e. The second-order valence-electron chi connectivity index (χ2n) is 4.13. The summed E-state index contributed by atoms with van der Waals surface area (Å²) in [6.07, 6.45) is 0. The van der Waals surface area contributed by atoms with Gasteiger partial charge >= 0.3 is 5.97 Å². The van der Waals surface area contributed by atoms with Crippen LogP contribution in [0.25, 0.3) is 0 Å². The zero-order valence-corrected chi connectivity index (χ0v) is 10.2. The van der Waals surface area contributed by atoms with Crippen LogP contribution in [0.15, 0.2) is 18.2 Å². The van der Waals surface area contributed by atoms with Gasteiger partial charge in [0.05, 0.1) is 5.37 Å². The third kappa shape index (κ3) is 2.23. The van der Waals surface area contributed by atoms with Crippen LogP contribution in [0.5, 0.6) is 0 Å². The molecule has 0 amide bonds. The Labute approximate surface area is 99.2 Å². The van der Waals surface area contributed by atoms with Crippen molar-refractivity contribution in [2.75, 3.05) is 5.75 Å². The molecule has 2 N–H and O–H groups in total. The standard InChI is InChI=1S/C12H15NO2S/c1-7-3-4-9(8(2)5-7)11-13-10(6-16-11)12(14)15/h3-5,10-11,13H,6H2,1-2H3,(H,14,15)/t10-,11+/m1/s1. The number of hydrogen-bond acceptors (Lipinski definition) is 3. The minimum Gasteiger partial charge on any atom is -0.480 e. The monoisotopic (exact) mass is 237 g/mol. The molecule has 1 aromatic rings. The third-order valence-electron chi connectivity index (χ3n) is 2.79. The number of hydrogen-bond donors (Lipinski definition) is 2. The summed E-state index contributed by atoms with van der Waals surface area (Å²) in [4.78, 5) is 10.8. The number of thioether (sulfide) groups is 1. The Hall–Kier alpha value is -1.00. The maximum atomic E-state index is 10.8. The molecular formula is C12H15NO2S. The molecular weight excluding hydrogens is 222 g/mol. The van der Waals surface area contributed by atoms with E-state index >= 15 is 0 Å². The molecule has 2 rings (SSSR count). The maximum absolute atomic E-state index is 10.8. The van der Waals surface area contributed by atoms with Crippen LogP contribution in [-0.2, 0) is 4.79 Å². The van der Waals surface area contributed by atoms with Crippen molar-refractivity contribution in [1.29, 1.82) is 0 Å². The second kappa shape index (κ2) is 4.47. The molecule has 1 heterocycles. The van der Waals surface area contributed by atoms with Crippen molar-refractivity contribution in [2.24, 2.45) is 0 Å². The van der Waals surface area contributed by atoms with Gasteiger partial charge in [-0.3, -0.25) is 10.1 Å². The molecule has 16 heavy (non-hydrogen) atoms. The Morgan fingerprint density at radius 2 is 2.25 bits per heavy atom. The Morgan fingerprint density at radius 3 is 2.81 bits per heavy atom. The molecule has 0 bridgehead atoms. The summed E-state index contributed by atoms with van der Waals surface area (Å²) >= 11 is 1.66. The number of aliphatic carboxylic acids is 1. The number of carboxylic acids is 1. The molecule has 2 atom stereocenters. The van der Waals surface area contributed by atoms with Crippen LogP contribution in [0.3, 0.4) is 0 Å². The fourth-order valence-corrected chi connectivity index (χ4v) is 3.24. The van der Waals surface area contributed by atoms with E-state index in [1.807, 2.05) is 0 Å². The molecule has 0 aliphatic carbocycles. The van der Waals surface area contributed by atoms with E-state index in [2.05, 4.69) is 37.4 Å². The first-order valence-corrected chi connectivity index (χ1v) is 6.30. The summed E-state index contributed by atoms with van der Waals surface area (Å²) in [5, 5.41) is 12.2. The van der Waals surface area contributed by atoms with Crippen LogP contribution >= 0.6 is 11.8 Å². The molecule has 4 heteroatoms. The lowest BCUT2D eigenvalue weighted by molar-refractivity contribution is -0.138. The molecule has 3 nitrogen and oxygen atoms in total. The highest BCUT2D eigenvalue weighted by molar-refractivity contribution is 7.99. The van der Waals surface area contributed by atoms with Gasteiger partial charge in [0, 0.05) is 5.75 Å². The molecule has 1 fully saturated rings. The molecule has 86 valence electrons. The lowest BCUT2D eigenvalue weighted by Crippen LogP contribution is -2.33. The molecule has 0 aromatic heterocycles. The van der Waals surface area contributed by atoms with Gasteiger partial charge in [-0.2, -0.15) is 0 Å². The van der Waals surface area contributed by atoms with Gasteiger partial charge in [-0.25, -0.2) is 0 Å². The van der Waals surface area contributed by atoms with Gasteiger partial charge < -0.3 is 5.11 Å². The molecule has 0 unspecified atom stereocenters. The predicted molar refractivity (Wildman–Crippen MR) is 65.7 cm³/mol.